The number of sulfonamides is 1. The average Bonchev–Trinajstić information content (AvgIpc) is 2.67. The van der Waals surface area contributed by atoms with Crippen molar-refractivity contribution >= 4 is 33.5 Å². The van der Waals surface area contributed by atoms with Crippen molar-refractivity contribution in [2.24, 2.45) is 10.2 Å². The molecule has 0 aliphatic rings. The highest BCUT2D eigenvalue weighted by molar-refractivity contribution is 7.92. The number of hydrogen-bond acceptors (Lipinski definition) is 7. The third-order valence-corrected chi connectivity index (χ3v) is 4.84. The van der Waals surface area contributed by atoms with Gasteiger partial charge in [-0.15, -0.1) is 0 Å². The molecule has 0 amide bonds. The van der Waals surface area contributed by atoms with Gasteiger partial charge in [0.2, 0.25) is 0 Å². The monoisotopic (exact) mass is 382 g/mol. The van der Waals surface area contributed by atoms with Gasteiger partial charge < -0.3 is 5.11 Å². The minimum Gasteiger partial charge on any atom is -0.507 e. The van der Waals surface area contributed by atoms with Gasteiger partial charge in [0.05, 0.1) is 21.8 Å². The van der Waals surface area contributed by atoms with Crippen LogP contribution in [-0.4, -0.2) is 24.8 Å². The lowest BCUT2D eigenvalue weighted by molar-refractivity contribution is 0.112. The minimum absolute atomic E-state index is 0.0556. The summed E-state index contributed by atoms with van der Waals surface area (Å²) in [4.78, 5) is 14.7. The Morgan fingerprint density at radius 3 is 2.30 bits per heavy atom. The van der Waals surface area contributed by atoms with Gasteiger partial charge in [-0.05, 0) is 48.5 Å². The summed E-state index contributed by atoms with van der Waals surface area (Å²) in [5.74, 6) is 0.0309. The zero-order valence-corrected chi connectivity index (χ0v) is 14.7. The normalized spacial score (nSPS) is 11.4. The molecule has 2 aromatic carbocycles. The van der Waals surface area contributed by atoms with E-state index in [1.807, 2.05) is 0 Å². The zero-order valence-electron chi connectivity index (χ0n) is 13.9. The number of aldehydes is 1. The average molecular weight is 382 g/mol. The second kappa shape index (κ2) is 7.75. The number of nitrogens with one attached hydrogen (secondary N) is 1. The molecule has 1 aromatic heterocycles. The molecule has 0 aliphatic heterocycles. The molecule has 0 bridgehead atoms. The number of benzene rings is 2. The minimum atomic E-state index is -3.76. The first kappa shape index (κ1) is 18.2. The molecule has 136 valence electrons. The number of phenols is 1. The second-order valence-electron chi connectivity index (χ2n) is 5.38. The number of carbonyl (C=O) groups excluding carboxylic acids is 1. The Bertz CT molecular complexity index is 1080. The molecule has 2 N–H and O–H groups in total. The fourth-order valence-corrected chi connectivity index (χ4v) is 3.13. The fraction of sp³-hybridized carbons (Fsp3) is 0. The highest BCUT2D eigenvalue weighted by atomic mass is 32.2. The maximum absolute atomic E-state index is 12.3. The third-order valence-electron chi connectivity index (χ3n) is 3.47. The molecular formula is C18H14N4O4S. The number of anilines is 1. The number of phenolic OH excluding ortho intramolecular Hbond substituents is 1. The molecule has 0 saturated heterocycles. The number of rotatable bonds is 6. The van der Waals surface area contributed by atoms with E-state index in [9.17, 15) is 18.3 Å². The molecule has 3 aromatic rings. The van der Waals surface area contributed by atoms with Crippen LogP contribution >= 0.6 is 0 Å². The maximum Gasteiger partial charge on any atom is 0.263 e. The summed E-state index contributed by atoms with van der Waals surface area (Å²) in [6.07, 6.45) is 2.02. The van der Waals surface area contributed by atoms with Gasteiger partial charge >= 0.3 is 0 Å². The standard InChI is InChI=1S/C18H14N4O4S/c23-12-13-4-5-15(11-17(13)24)21-20-14-6-8-16(9-7-14)27(25,26)22-18-3-1-2-10-19-18/h1-12,24H,(H,19,22)/b21-20+. The molecule has 0 saturated carbocycles. The van der Waals surface area contributed by atoms with Gasteiger partial charge in [0.15, 0.2) is 6.29 Å². The Morgan fingerprint density at radius 1 is 0.963 bits per heavy atom. The lowest BCUT2D eigenvalue weighted by atomic mass is 10.2. The predicted octanol–water partition coefficient (Wildman–Crippen LogP) is 3.82. The Balaban J connectivity index is 1.75. The summed E-state index contributed by atoms with van der Waals surface area (Å²) in [6, 6.07) is 15.0. The lowest BCUT2D eigenvalue weighted by Crippen LogP contribution is -2.13. The number of nitrogens with zero attached hydrogens (tertiary/aromatic N) is 3. The summed E-state index contributed by atoms with van der Waals surface area (Å²) in [6.45, 7) is 0. The summed E-state index contributed by atoms with van der Waals surface area (Å²) in [7, 11) is -3.76. The van der Waals surface area contributed by atoms with Crippen molar-refractivity contribution in [3.05, 3.63) is 72.4 Å². The van der Waals surface area contributed by atoms with Crippen molar-refractivity contribution in [1.29, 1.82) is 0 Å². The fourth-order valence-electron chi connectivity index (χ4n) is 2.12. The van der Waals surface area contributed by atoms with E-state index in [1.54, 1.807) is 18.2 Å². The molecule has 0 spiro atoms. The van der Waals surface area contributed by atoms with Gasteiger partial charge in [-0.2, -0.15) is 10.2 Å². The molecule has 0 radical (unpaired) electrons. The summed E-state index contributed by atoms with van der Waals surface area (Å²) in [5.41, 5.74) is 0.932. The Hall–Kier alpha value is -3.59. The van der Waals surface area contributed by atoms with E-state index in [4.69, 9.17) is 0 Å². The first-order valence-electron chi connectivity index (χ1n) is 7.72. The molecular weight excluding hydrogens is 368 g/mol. The van der Waals surface area contributed by atoms with Crippen LogP contribution in [0.5, 0.6) is 5.75 Å². The smallest absolute Gasteiger partial charge is 0.263 e. The number of hydrogen-bond donors (Lipinski definition) is 2. The van der Waals surface area contributed by atoms with Crippen LogP contribution in [0.3, 0.4) is 0 Å². The maximum atomic E-state index is 12.3. The van der Waals surface area contributed by atoms with E-state index in [1.165, 1.54) is 48.7 Å². The highest BCUT2D eigenvalue weighted by Gasteiger charge is 2.14. The molecule has 8 nitrogen and oxygen atoms in total. The van der Waals surface area contributed by atoms with Crippen LogP contribution in [0.15, 0.2) is 82.0 Å². The number of azo groups is 1. The van der Waals surface area contributed by atoms with E-state index < -0.39 is 10.0 Å². The van der Waals surface area contributed by atoms with Crippen LogP contribution in [0.1, 0.15) is 10.4 Å². The van der Waals surface area contributed by atoms with E-state index in [0.717, 1.165) is 0 Å². The highest BCUT2D eigenvalue weighted by Crippen LogP contribution is 2.25. The quantitative estimate of drug-likeness (QED) is 0.496. The first-order chi connectivity index (χ1) is 13.0. The molecule has 0 fully saturated rings. The van der Waals surface area contributed by atoms with Gasteiger partial charge in [0.25, 0.3) is 10.0 Å². The van der Waals surface area contributed by atoms with Crippen molar-refractivity contribution in [2.75, 3.05) is 4.72 Å². The third kappa shape index (κ3) is 4.53. The summed E-state index contributed by atoms with van der Waals surface area (Å²) in [5, 5.41) is 17.5. The lowest BCUT2D eigenvalue weighted by Gasteiger charge is -2.06. The summed E-state index contributed by atoms with van der Waals surface area (Å²) < 4.78 is 27.0. The van der Waals surface area contributed by atoms with E-state index in [0.29, 0.717) is 17.7 Å². The van der Waals surface area contributed by atoms with Crippen molar-refractivity contribution in [1.82, 2.24) is 4.98 Å². The Labute approximate surface area is 155 Å². The van der Waals surface area contributed by atoms with Crippen LogP contribution in [0.25, 0.3) is 0 Å². The zero-order chi connectivity index (χ0) is 19.3. The molecule has 27 heavy (non-hydrogen) atoms. The van der Waals surface area contributed by atoms with E-state index >= 15 is 0 Å². The largest absolute Gasteiger partial charge is 0.507 e. The number of aromatic hydroxyl groups is 1. The summed E-state index contributed by atoms with van der Waals surface area (Å²) >= 11 is 0. The SMILES string of the molecule is O=Cc1ccc(/N=N/c2ccc(S(=O)(=O)Nc3ccccn3)cc2)cc1O. The van der Waals surface area contributed by atoms with Crippen molar-refractivity contribution in [2.45, 2.75) is 4.90 Å². The second-order valence-corrected chi connectivity index (χ2v) is 7.06. The van der Waals surface area contributed by atoms with Crippen LogP contribution < -0.4 is 4.72 Å². The Kier molecular flexibility index (Phi) is 5.23. The van der Waals surface area contributed by atoms with Crippen molar-refractivity contribution < 1.29 is 18.3 Å². The molecule has 0 aliphatic carbocycles. The van der Waals surface area contributed by atoms with E-state index in [2.05, 4.69) is 19.9 Å². The predicted molar refractivity (Wildman–Crippen MR) is 99.2 cm³/mol. The van der Waals surface area contributed by atoms with Crippen LogP contribution in [0.2, 0.25) is 0 Å². The first-order valence-corrected chi connectivity index (χ1v) is 9.20. The van der Waals surface area contributed by atoms with Gasteiger partial charge in [0, 0.05) is 12.3 Å². The van der Waals surface area contributed by atoms with Crippen LogP contribution in [0.4, 0.5) is 17.2 Å². The molecule has 1 heterocycles. The molecule has 9 heteroatoms. The van der Waals surface area contributed by atoms with Gasteiger partial charge in [0.1, 0.15) is 11.6 Å². The van der Waals surface area contributed by atoms with Crippen molar-refractivity contribution in [3.8, 4) is 5.75 Å². The Morgan fingerprint density at radius 2 is 1.67 bits per heavy atom. The molecule has 0 atom stereocenters. The number of pyridine rings is 1. The van der Waals surface area contributed by atoms with Crippen LogP contribution in [0, 0.1) is 0 Å². The van der Waals surface area contributed by atoms with Crippen LogP contribution in [-0.2, 0) is 10.0 Å². The van der Waals surface area contributed by atoms with Gasteiger partial charge in [-0.1, -0.05) is 6.07 Å². The number of carbonyl (C=O) groups is 1. The number of aromatic nitrogens is 1. The van der Waals surface area contributed by atoms with Gasteiger partial charge in [-0.25, -0.2) is 13.4 Å². The van der Waals surface area contributed by atoms with Gasteiger partial charge in [-0.3, -0.25) is 9.52 Å². The van der Waals surface area contributed by atoms with E-state index in [-0.39, 0.29) is 22.0 Å². The molecule has 3 rings (SSSR count). The topological polar surface area (TPSA) is 121 Å². The van der Waals surface area contributed by atoms with Crippen molar-refractivity contribution in [3.63, 3.8) is 0 Å². The molecule has 0 unspecified atom stereocenters.